The van der Waals surface area contributed by atoms with E-state index < -0.39 is 35.7 Å². The summed E-state index contributed by atoms with van der Waals surface area (Å²) >= 11 is 0. The Balaban J connectivity index is 1.86. The summed E-state index contributed by atoms with van der Waals surface area (Å²) in [5.74, 6) is -1.97. The molecule has 1 saturated heterocycles. The second kappa shape index (κ2) is 6.43. The maximum Gasteiger partial charge on any atom is 0.498 e. The molecule has 1 heterocycles. The van der Waals surface area contributed by atoms with Crippen molar-refractivity contribution in [1.29, 1.82) is 0 Å². The molecule has 0 amide bonds. The minimum Gasteiger partial charge on any atom is -0.483 e. The van der Waals surface area contributed by atoms with E-state index in [0.29, 0.717) is 0 Å². The number of benzene rings is 2. The average molecular weight is 346 g/mol. The summed E-state index contributed by atoms with van der Waals surface area (Å²) in [6, 6.07) is 11.7. The van der Waals surface area contributed by atoms with Gasteiger partial charge >= 0.3 is 7.12 Å². The lowest BCUT2D eigenvalue weighted by Gasteiger charge is -2.32. The van der Waals surface area contributed by atoms with E-state index in [1.807, 2.05) is 58.0 Å². The van der Waals surface area contributed by atoms with Crippen LogP contribution in [0.1, 0.15) is 33.3 Å². The SMILES string of the molecule is CC1(C)OB(c2ccc(F)c(OCc3ccccc3)c2F)OC1(C)C. The molecule has 0 saturated carbocycles. The van der Waals surface area contributed by atoms with E-state index in [1.165, 1.54) is 12.1 Å². The van der Waals surface area contributed by atoms with Crippen LogP contribution in [0.2, 0.25) is 0 Å². The van der Waals surface area contributed by atoms with Crippen molar-refractivity contribution >= 4 is 12.6 Å². The zero-order chi connectivity index (χ0) is 18.2. The summed E-state index contributed by atoms with van der Waals surface area (Å²) in [6.45, 7) is 7.58. The number of rotatable bonds is 4. The second-order valence-electron chi connectivity index (χ2n) is 7.14. The molecule has 0 unspecified atom stereocenters. The van der Waals surface area contributed by atoms with Crippen LogP contribution in [0.5, 0.6) is 5.75 Å². The van der Waals surface area contributed by atoms with Gasteiger partial charge in [-0.15, -0.1) is 0 Å². The van der Waals surface area contributed by atoms with Crippen molar-refractivity contribution in [3.8, 4) is 5.75 Å². The molecule has 0 aromatic heterocycles. The van der Waals surface area contributed by atoms with Crippen molar-refractivity contribution in [3.63, 3.8) is 0 Å². The van der Waals surface area contributed by atoms with Gasteiger partial charge in [0.05, 0.1) is 11.2 Å². The minimum absolute atomic E-state index is 0.0709. The van der Waals surface area contributed by atoms with Crippen molar-refractivity contribution in [2.45, 2.75) is 45.5 Å². The molecule has 0 aliphatic carbocycles. The van der Waals surface area contributed by atoms with Crippen LogP contribution < -0.4 is 10.2 Å². The Hall–Kier alpha value is -1.92. The summed E-state index contributed by atoms with van der Waals surface area (Å²) in [5, 5.41) is 0. The zero-order valence-corrected chi connectivity index (χ0v) is 14.8. The van der Waals surface area contributed by atoms with E-state index >= 15 is 0 Å². The van der Waals surface area contributed by atoms with Crippen molar-refractivity contribution < 1.29 is 22.8 Å². The van der Waals surface area contributed by atoms with E-state index in [0.717, 1.165) is 5.56 Å². The standard InChI is InChI=1S/C19H21BF2O3/c1-18(2)19(3,4)25-20(24-18)14-10-11-15(21)17(16(14)22)23-12-13-8-6-5-7-9-13/h5-11H,12H2,1-4H3. The van der Waals surface area contributed by atoms with Gasteiger partial charge in [0.25, 0.3) is 0 Å². The molecule has 2 aromatic carbocycles. The van der Waals surface area contributed by atoms with Crippen LogP contribution in [0.15, 0.2) is 42.5 Å². The fourth-order valence-electron chi connectivity index (χ4n) is 2.56. The van der Waals surface area contributed by atoms with Gasteiger partial charge in [0.15, 0.2) is 17.4 Å². The van der Waals surface area contributed by atoms with Crippen LogP contribution in [-0.4, -0.2) is 18.3 Å². The molecule has 0 radical (unpaired) electrons. The fraction of sp³-hybridized carbons (Fsp3) is 0.368. The van der Waals surface area contributed by atoms with Crippen molar-refractivity contribution in [2.75, 3.05) is 0 Å². The van der Waals surface area contributed by atoms with Crippen molar-refractivity contribution in [1.82, 2.24) is 0 Å². The zero-order valence-electron chi connectivity index (χ0n) is 14.8. The molecule has 1 aliphatic heterocycles. The Morgan fingerprint density at radius 1 is 0.920 bits per heavy atom. The highest BCUT2D eigenvalue weighted by atomic mass is 19.1. The molecule has 3 nitrogen and oxygen atoms in total. The molecule has 1 fully saturated rings. The lowest BCUT2D eigenvalue weighted by molar-refractivity contribution is 0.00578. The molecule has 25 heavy (non-hydrogen) atoms. The molecular formula is C19H21BF2O3. The minimum atomic E-state index is -0.912. The van der Waals surface area contributed by atoms with Gasteiger partial charge in [-0.05, 0) is 39.3 Å². The number of hydrogen-bond donors (Lipinski definition) is 0. The molecular weight excluding hydrogens is 325 g/mol. The summed E-state index contributed by atoms with van der Waals surface area (Å²) in [4.78, 5) is 0. The summed E-state index contributed by atoms with van der Waals surface area (Å²) in [6.07, 6.45) is 0. The van der Waals surface area contributed by atoms with Gasteiger partial charge in [0.2, 0.25) is 0 Å². The summed E-state index contributed by atoms with van der Waals surface area (Å²) in [7, 11) is -0.912. The molecule has 0 N–H and O–H groups in total. The predicted molar refractivity (Wildman–Crippen MR) is 92.8 cm³/mol. The average Bonchev–Trinajstić information content (AvgIpc) is 2.76. The molecule has 3 rings (SSSR count). The highest BCUT2D eigenvalue weighted by molar-refractivity contribution is 6.62. The number of ether oxygens (including phenoxy) is 1. The van der Waals surface area contributed by atoms with Crippen molar-refractivity contribution in [2.24, 2.45) is 0 Å². The van der Waals surface area contributed by atoms with Crippen LogP contribution >= 0.6 is 0 Å². The first-order valence-corrected chi connectivity index (χ1v) is 8.21. The molecule has 0 bridgehead atoms. The molecule has 132 valence electrons. The molecule has 0 atom stereocenters. The quantitative estimate of drug-likeness (QED) is 0.788. The maximum absolute atomic E-state index is 14.9. The third kappa shape index (κ3) is 3.41. The number of halogens is 2. The van der Waals surface area contributed by atoms with Crippen molar-refractivity contribution in [3.05, 3.63) is 59.7 Å². The first-order chi connectivity index (χ1) is 11.7. The van der Waals surface area contributed by atoms with Crippen LogP contribution in [0.25, 0.3) is 0 Å². The van der Waals surface area contributed by atoms with E-state index in [4.69, 9.17) is 14.0 Å². The predicted octanol–water partition coefficient (Wildman–Crippen LogP) is 3.84. The Labute approximate surface area is 147 Å². The molecule has 2 aromatic rings. The van der Waals surface area contributed by atoms with Gasteiger partial charge < -0.3 is 14.0 Å². The maximum atomic E-state index is 14.9. The molecule has 0 spiro atoms. The fourth-order valence-corrected chi connectivity index (χ4v) is 2.56. The van der Waals surface area contributed by atoms with Gasteiger partial charge in [-0.1, -0.05) is 36.4 Å². The largest absolute Gasteiger partial charge is 0.498 e. The van der Waals surface area contributed by atoms with Gasteiger partial charge in [0.1, 0.15) is 6.61 Å². The third-order valence-corrected chi connectivity index (χ3v) is 4.81. The smallest absolute Gasteiger partial charge is 0.483 e. The van der Waals surface area contributed by atoms with E-state index in [1.54, 1.807) is 0 Å². The lowest BCUT2D eigenvalue weighted by Crippen LogP contribution is -2.41. The first-order valence-electron chi connectivity index (χ1n) is 8.21. The summed E-state index contributed by atoms with van der Waals surface area (Å²) in [5.41, 5.74) is -0.266. The molecule has 6 heteroatoms. The van der Waals surface area contributed by atoms with Crippen LogP contribution in [0.3, 0.4) is 0 Å². The second-order valence-corrected chi connectivity index (χ2v) is 7.14. The van der Waals surface area contributed by atoms with Crippen LogP contribution in [0, 0.1) is 11.6 Å². The van der Waals surface area contributed by atoms with Gasteiger partial charge in [0, 0.05) is 5.46 Å². The topological polar surface area (TPSA) is 27.7 Å². The Morgan fingerprint density at radius 3 is 2.12 bits per heavy atom. The van der Waals surface area contributed by atoms with Crippen LogP contribution in [0.4, 0.5) is 8.78 Å². The van der Waals surface area contributed by atoms with E-state index in [-0.39, 0.29) is 12.1 Å². The van der Waals surface area contributed by atoms with Gasteiger partial charge in [-0.25, -0.2) is 8.78 Å². The first kappa shape index (κ1) is 17.9. The normalized spacial score (nSPS) is 18.4. The van der Waals surface area contributed by atoms with E-state index in [9.17, 15) is 8.78 Å². The highest BCUT2D eigenvalue weighted by Gasteiger charge is 2.52. The lowest BCUT2D eigenvalue weighted by atomic mass is 9.78. The highest BCUT2D eigenvalue weighted by Crippen LogP contribution is 2.37. The summed E-state index contributed by atoms with van der Waals surface area (Å²) < 4.78 is 46.0. The molecule has 1 aliphatic rings. The monoisotopic (exact) mass is 346 g/mol. The Bertz CT molecular complexity index is 747. The third-order valence-electron chi connectivity index (χ3n) is 4.81. The Morgan fingerprint density at radius 2 is 1.52 bits per heavy atom. The van der Waals surface area contributed by atoms with Crippen LogP contribution in [-0.2, 0) is 15.9 Å². The Kier molecular flexibility index (Phi) is 4.60. The van der Waals surface area contributed by atoms with Gasteiger partial charge in [-0.3, -0.25) is 0 Å². The van der Waals surface area contributed by atoms with Gasteiger partial charge in [-0.2, -0.15) is 0 Å². The number of hydrogen-bond acceptors (Lipinski definition) is 3. The van der Waals surface area contributed by atoms with E-state index in [2.05, 4.69) is 0 Å².